The maximum absolute atomic E-state index is 13.4. The number of aliphatic hydroxyl groups excluding tert-OH is 1. The highest BCUT2D eigenvalue weighted by Crippen LogP contribution is 2.30. The molecular formula is C24H32N4O5. The molecular weight excluding hydrogens is 424 g/mol. The Kier molecular flexibility index (Phi) is 8.13. The number of methoxy groups -OCH3 is 1. The number of amides is 3. The number of fused-ring (bicyclic) bond motifs is 1. The van der Waals surface area contributed by atoms with Gasteiger partial charge in [0, 0.05) is 30.4 Å². The molecule has 178 valence electrons. The van der Waals surface area contributed by atoms with Gasteiger partial charge < -0.3 is 35.4 Å². The first-order valence-electron chi connectivity index (χ1n) is 11.0. The molecule has 0 saturated carbocycles. The van der Waals surface area contributed by atoms with Gasteiger partial charge in [0.1, 0.15) is 17.6 Å². The van der Waals surface area contributed by atoms with Crippen LogP contribution in [0.2, 0.25) is 0 Å². The van der Waals surface area contributed by atoms with Gasteiger partial charge in [-0.25, -0.2) is 4.79 Å². The summed E-state index contributed by atoms with van der Waals surface area (Å²) < 4.78 is 11.3. The number of aliphatic hydroxyl groups is 1. The van der Waals surface area contributed by atoms with Crippen LogP contribution in [0.5, 0.6) is 11.5 Å². The zero-order chi connectivity index (χ0) is 24.0. The van der Waals surface area contributed by atoms with E-state index in [0.717, 1.165) is 0 Å². The number of anilines is 2. The lowest BCUT2D eigenvalue weighted by Crippen LogP contribution is -2.49. The average Bonchev–Trinajstić information content (AvgIpc) is 2.81. The lowest BCUT2D eigenvalue weighted by Gasteiger charge is -2.37. The van der Waals surface area contributed by atoms with Crippen LogP contribution in [0.1, 0.15) is 24.2 Å². The monoisotopic (exact) mass is 456 g/mol. The van der Waals surface area contributed by atoms with Crippen LogP contribution in [0, 0.1) is 5.92 Å². The van der Waals surface area contributed by atoms with Crippen LogP contribution >= 0.6 is 0 Å². The fraction of sp³-hybridized carbons (Fsp3) is 0.417. The van der Waals surface area contributed by atoms with Gasteiger partial charge in [-0.15, -0.1) is 0 Å². The van der Waals surface area contributed by atoms with E-state index in [1.807, 2.05) is 20.9 Å². The van der Waals surface area contributed by atoms with Gasteiger partial charge in [0.15, 0.2) is 0 Å². The van der Waals surface area contributed by atoms with E-state index in [4.69, 9.17) is 9.47 Å². The Morgan fingerprint density at radius 2 is 1.88 bits per heavy atom. The standard InChI is InChI=1S/C24H32N4O5/c1-15-13-28(16(2)14-29)23(30)20-11-18(7-10-21(20)33-22(15)12-25-3)27-24(31)26-17-5-8-19(32-4)9-6-17/h5-11,15-16,22,25,29H,12-14H2,1-4H3,(H2,26,27,31)/t15-,16-,22+/m0/s1. The minimum atomic E-state index is -0.443. The molecule has 0 unspecified atom stereocenters. The van der Waals surface area contributed by atoms with Crippen LogP contribution in [0.15, 0.2) is 42.5 Å². The molecule has 9 nitrogen and oxygen atoms in total. The predicted octanol–water partition coefficient (Wildman–Crippen LogP) is 2.78. The number of hydrogen-bond acceptors (Lipinski definition) is 6. The molecule has 0 radical (unpaired) electrons. The third kappa shape index (κ3) is 5.94. The molecule has 1 aliphatic heterocycles. The lowest BCUT2D eigenvalue weighted by atomic mass is 9.99. The first-order chi connectivity index (χ1) is 15.9. The van der Waals surface area contributed by atoms with E-state index >= 15 is 0 Å². The summed E-state index contributed by atoms with van der Waals surface area (Å²) in [6, 6.07) is 11.2. The van der Waals surface area contributed by atoms with E-state index in [9.17, 15) is 14.7 Å². The molecule has 3 atom stereocenters. The average molecular weight is 457 g/mol. The van der Waals surface area contributed by atoms with Gasteiger partial charge in [-0.05, 0) is 56.4 Å². The lowest BCUT2D eigenvalue weighted by molar-refractivity contribution is 0.0416. The maximum atomic E-state index is 13.4. The molecule has 0 fully saturated rings. The largest absolute Gasteiger partial charge is 0.497 e. The van der Waals surface area contributed by atoms with Crippen molar-refractivity contribution in [3.05, 3.63) is 48.0 Å². The van der Waals surface area contributed by atoms with Crippen molar-refractivity contribution in [3.63, 3.8) is 0 Å². The van der Waals surface area contributed by atoms with Crippen molar-refractivity contribution in [1.82, 2.24) is 10.2 Å². The second-order valence-corrected chi connectivity index (χ2v) is 8.20. The van der Waals surface area contributed by atoms with Gasteiger partial charge in [0.2, 0.25) is 0 Å². The van der Waals surface area contributed by atoms with Gasteiger partial charge in [-0.2, -0.15) is 0 Å². The van der Waals surface area contributed by atoms with Gasteiger partial charge in [0.05, 0.1) is 25.3 Å². The van der Waals surface area contributed by atoms with E-state index in [1.165, 1.54) is 0 Å². The van der Waals surface area contributed by atoms with Gasteiger partial charge >= 0.3 is 6.03 Å². The molecule has 3 rings (SSSR count). The zero-order valence-electron chi connectivity index (χ0n) is 19.4. The highest BCUT2D eigenvalue weighted by molar-refractivity contribution is 6.02. The fourth-order valence-corrected chi connectivity index (χ4v) is 3.71. The van der Waals surface area contributed by atoms with Gasteiger partial charge in [-0.1, -0.05) is 6.92 Å². The molecule has 33 heavy (non-hydrogen) atoms. The van der Waals surface area contributed by atoms with Crippen LogP contribution in [0.25, 0.3) is 0 Å². The first kappa shape index (κ1) is 24.3. The predicted molar refractivity (Wildman–Crippen MR) is 127 cm³/mol. The smallest absolute Gasteiger partial charge is 0.323 e. The third-order valence-corrected chi connectivity index (χ3v) is 5.68. The summed E-state index contributed by atoms with van der Waals surface area (Å²) in [6.45, 7) is 4.75. The number of ether oxygens (including phenoxy) is 2. The summed E-state index contributed by atoms with van der Waals surface area (Å²) in [6.07, 6.45) is -0.160. The molecule has 0 aliphatic carbocycles. The number of likely N-dealkylation sites (N-methyl/N-ethyl adjacent to an activating group) is 1. The van der Waals surface area contributed by atoms with Crippen molar-refractivity contribution < 1.29 is 24.2 Å². The Bertz CT molecular complexity index is 966. The van der Waals surface area contributed by atoms with Crippen molar-refractivity contribution >= 4 is 23.3 Å². The van der Waals surface area contributed by atoms with Crippen molar-refractivity contribution in [2.75, 3.05) is 44.5 Å². The van der Waals surface area contributed by atoms with Crippen molar-refractivity contribution in [3.8, 4) is 11.5 Å². The number of carbonyl (C=O) groups excluding carboxylic acids is 2. The quantitative estimate of drug-likeness (QED) is 0.510. The summed E-state index contributed by atoms with van der Waals surface area (Å²) >= 11 is 0. The molecule has 2 aromatic rings. The van der Waals surface area contributed by atoms with E-state index in [-0.39, 0.29) is 30.6 Å². The number of nitrogens with zero attached hydrogens (tertiary/aromatic N) is 1. The number of nitrogens with one attached hydrogen (secondary N) is 3. The Hall–Kier alpha value is -3.30. The van der Waals surface area contributed by atoms with Crippen molar-refractivity contribution in [1.29, 1.82) is 0 Å². The van der Waals surface area contributed by atoms with Crippen LogP contribution in [-0.2, 0) is 0 Å². The SMILES string of the molecule is CNC[C@H]1Oc2ccc(NC(=O)Nc3ccc(OC)cc3)cc2C(=O)N([C@@H](C)CO)C[C@@H]1C. The normalized spacial score (nSPS) is 18.9. The zero-order valence-corrected chi connectivity index (χ0v) is 19.4. The van der Waals surface area contributed by atoms with Crippen molar-refractivity contribution in [2.45, 2.75) is 26.0 Å². The van der Waals surface area contributed by atoms with Gasteiger partial charge in [0.25, 0.3) is 5.91 Å². The molecule has 2 aromatic carbocycles. The molecule has 4 N–H and O–H groups in total. The van der Waals surface area contributed by atoms with Crippen molar-refractivity contribution in [2.24, 2.45) is 5.92 Å². The first-order valence-corrected chi connectivity index (χ1v) is 11.0. The van der Waals surface area contributed by atoms with Crippen LogP contribution in [0.4, 0.5) is 16.2 Å². The minimum Gasteiger partial charge on any atom is -0.497 e. The summed E-state index contributed by atoms with van der Waals surface area (Å²) in [5.74, 6) is 0.939. The molecule has 0 saturated heterocycles. The van der Waals surface area contributed by atoms with E-state index in [2.05, 4.69) is 16.0 Å². The summed E-state index contributed by atoms with van der Waals surface area (Å²) in [5.41, 5.74) is 1.39. The van der Waals surface area contributed by atoms with Crippen LogP contribution in [0.3, 0.4) is 0 Å². The topological polar surface area (TPSA) is 112 Å². The minimum absolute atomic E-state index is 0.0524. The van der Waals surface area contributed by atoms with E-state index in [0.29, 0.717) is 41.5 Å². The highest BCUT2D eigenvalue weighted by atomic mass is 16.5. The molecule has 0 bridgehead atoms. The second kappa shape index (κ2) is 11.0. The maximum Gasteiger partial charge on any atom is 0.323 e. The fourth-order valence-electron chi connectivity index (χ4n) is 3.71. The summed E-state index contributed by atoms with van der Waals surface area (Å²) in [7, 11) is 3.42. The Balaban J connectivity index is 1.84. The number of carbonyl (C=O) groups is 2. The summed E-state index contributed by atoms with van der Waals surface area (Å²) in [4.78, 5) is 27.5. The van der Waals surface area contributed by atoms with Crippen LogP contribution < -0.4 is 25.4 Å². The number of rotatable bonds is 7. The third-order valence-electron chi connectivity index (χ3n) is 5.68. The number of benzene rings is 2. The van der Waals surface area contributed by atoms with E-state index < -0.39 is 6.03 Å². The molecule has 3 amide bonds. The number of urea groups is 1. The Morgan fingerprint density at radius 3 is 2.52 bits per heavy atom. The highest BCUT2D eigenvalue weighted by Gasteiger charge is 2.32. The number of hydrogen-bond donors (Lipinski definition) is 4. The Labute approximate surface area is 194 Å². The summed E-state index contributed by atoms with van der Waals surface area (Å²) in [5, 5.41) is 18.3. The molecule has 0 aromatic heterocycles. The van der Waals surface area contributed by atoms with Gasteiger partial charge in [-0.3, -0.25) is 4.79 Å². The second-order valence-electron chi connectivity index (χ2n) is 8.20. The molecule has 0 spiro atoms. The molecule has 1 heterocycles. The molecule has 1 aliphatic rings. The molecule has 9 heteroatoms. The van der Waals surface area contributed by atoms with Crippen LogP contribution in [-0.4, -0.2) is 67.9 Å². The Morgan fingerprint density at radius 1 is 1.21 bits per heavy atom. The van der Waals surface area contributed by atoms with E-state index in [1.54, 1.807) is 54.5 Å².